The van der Waals surface area contributed by atoms with Crippen LogP contribution in [0.15, 0.2) is 74.5 Å². The number of unbranched alkanes of at least 4 members (excludes halogenated alkanes) is 1. The molecule has 0 fully saturated rings. The smallest absolute Gasteiger partial charge is 0.154 e. The largest absolute Gasteiger partial charge is 0.364 e. The molecule has 6 heterocycles. The van der Waals surface area contributed by atoms with Crippen molar-refractivity contribution in [3.8, 4) is 40.4 Å². The lowest BCUT2D eigenvalue weighted by atomic mass is 9.99. The SMILES string of the molecule is C=CN(COOCN(C)C(=C)c1ccc(-c2cc3c(s2)-c2cc4c(cc2[Si]3C)-c2sc(-c3ccc(C(=C)N(C)COC)s3)cc2[Si]4C)s1)CC(CC)CCCC. The van der Waals surface area contributed by atoms with Crippen molar-refractivity contribution >= 4 is 95.1 Å². The fourth-order valence-corrected chi connectivity index (χ4v) is 17.7. The summed E-state index contributed by atoms with van der Waals surface area (Å²) in [5, 5.41) is 6.25. The van der Waals surface area contributed by atoms with Gasteiger partial charge in [-0.15, -0.1) is 45.3 Å². The van der Waals surface area contributed by atoms with E-state index in [9.17, 15) is 0 Å². The van der Waals surface area contributed by atoms with Crippen LogP contribution < -0.4 is 20.7 Å². The van der Waals surface area contributed by atoms with Crippen molar-refractivity contribution in [3.05, 3.63) is 84.2 Å². The Labute approximate surface area is 353 Å². The van der Waals surface area contributed by atoms with Gasteiger partial charge in [-0.2, -0.15) is 0 Å². The highest BCUT2D eigenvalue weighted by Crippen LogP contribution is 2.43. The van der Waals surface area contributed by atoms with E-state index in [1.165, 1.54) is 64.5 Å². The summed E-state index contributed by atoms with van der Waals surface area (Å²) in [5.74, 6) is 0.638. The molecule has 1 unspecified atom stereocenters. The van der Waals surface area contributed by atoms with E-state index in [0.29, 0.717) is 26.1 Å². The van der Waals surface area contributed by atoms with Gasteiger partial charge in [0.15, 0.2) is 13.5 Å². The summed E-state index contributed by atoms with van der Waals surface area (Å²) in [6.45, 7) is 24.3. The zero-order chi connectivity index (χ0) is 39.7. The Balaban J connectivity index is 1.00. The lowest BCUT2D eigenvalue weighted by Crippen LogP contribution is -2.37. The van der Waals surface area contributed by atoms with E-state index in [-0.39, 0.29) is 0 Å². The van der Waals surface area contributed by atoms with Gasteiger partial charge in [-0.05, 0) is 86.8 Å². The third-order valence-corrected chi connectivity index (χ3v) is 21.3. The summed E-state index contributed by atoms with van der Waals surface area (Å²) in [6.07, 6.45) is 6.72. The van der Waals surface area contributed by atoms with Gasteiger partial charge >= 0.3 is 0 Å². The van der Waals surface area contributed by atoms with E-state index < -0.39 is 17.6 Å². The second-order valence-electron chi connectivity index (χ2n) is 14.8. The molecule has 0 bridgehead atoms. The van der Waals surface area contributed by atoms with Crippen LogP contribution >= 0.6 is 45.3 Å². The molecule has 1 aromatic carbocycles. The van der Waals surface area contributed by atoms with Crippen molar-refractivity contribution in [2.24, 2.45) is 5.92 Å². The van der Waals surface area contributed by atoms with Crippen molar-refractivity contribution in [2.75, 3.05) is 47.9 Å². The van der Waals surface area contributed by atoms with Gasteiger partial charge in [0.25, 0.3) is 0 Å². The second kappa shape index (κ2) is 17.8. The van der Waals surface area contributed by atoms with Gasteiger partial charge in [0.2, 0.25) is 0 Å². The molecule has 7 rings (SSSR count). The van der Waals surface area contributed by atoms with Crippen LogP contribution in [0.5, 0.6) is 0 Å². The van der Waals surface area contributed by atoms with Crippen molar-refractivity contribution in [1.82, 2.24) is 14.7 Å². The molecule has 0 N–H and O–H groups in total. The van der Waals surface area contributed by atoms with Crippen molar-refractivity contribution in [2.45, 2.75) is 52.6 Å². The molecule has 0 saturated heterocycles. The van der Waals surface area contributed by atoms with Crippen LogP contribution in [0, 0.1) is 5.92 Å². The topological polar surface area (TPSA) is 37.4 Å². The molecule has 6 nitrogen and oxygen atoms in total. The van der Waals surface area contributed by atoms with Crippen LogP contribution in [0.4, 0.5) is 0 Å². The quantitative estimate of drug-likeness (QED) is 0.0256. The van der Waals surface area contributed by atoms with Gasteiger partial charge < -0.3 is 19.4 Å². The molecule has 5 aromatic rings. The Morgan fingerprint density at radius 3 is 1.71 bits per heavy atom. The van der Waals surface area contributed by atoms with Gasteiger partial charge in [0.1, 0.15) is 24.3 Å². The molecule has 2 radical (unpaired) electrons. The average molecular weight is 856 g/mol. The summed E-state index contributed by atoms with van der Waals surface area (Å²) in [7, 11) is 4.01. The Morgan fingerprint density at radius 1 is 0.714 bits per heavy atom. The maximum atomic E-state index is 5.63. The zero-order valence-corrected chi connectivity index (χ0v) is 39.0. The summed E-state index contributed by atoms with van der Waals surface area (Å²) >= 11 is 7.55. The minimum Gasteiger partial charge on any atom is -0.364 e. The Bertz CT molecular complexity index is 2220. The standard InChI is InChI=1S/C44H53N3O3S4Si2/c1-11-14-15-30(12-2)24-47(13-3)27-50-49-26-46(7)29(5)34-17-19-36(52-34)38-23-42-44(54-38)32-21-39-31(20-40(32)56(42)10)43-41(55(39)9)22-37(53-43)35-18-16-33(51-35)28(4)45(6)25-48-8/h13,16-23,30H,3-5,11-12,14-15,24-27H2,1-2,6-10H3. The van der Waals surface area contributed by atoms with E-state index in [1.54, 1.807) is 39.2 Å². The molecule has 0 amide bonds. The van der Waals surface area contributed by atoms with E-state index in [4.69, 9.17) is 14.5 Å². The van der Waals surface area contributed by atoms with E-state index in [1.807, 2.05) is 59.2 Å². The predicted molar refractivity (Wildman–Crippen MR) is 249 cm³/mol. The van der Waals surface area contributed by atoms with Gasteiger partial charge in [0.05, 0.1) is 9.75 Å². The minimum atomic E-state index is -0.874. The maximum Gasteiger partial charge on any atom is 0.154 e. The van der Waals surface area contributed by atoms with Crippen LogP contribution in [0.3, 0.4) is 0 Å². The molecule has 4 aromatic heterocycles. The molecule has 2 aliphatic rings. The predicted octanol–water partition coefficient (Wildman–Crippen LogP) is 9.64. The highest BCUT2D eigenvalue weighted by atomic mass is 32.1. The molecular weight excluding hydrogens is 803 g/mol. The average Bonchev–Trinajstić information content (AvgIpc) is 4.06. The van der Waals surface area contributed by atoms with E-state index in [2.05, 4.69) is 105 Å². The first-order chi connectivity index (χ1) is 27.1. The molecule has 0 saturated carbocycles. The van der Waals surface area contributed by atoms with Crippen molar-refractivity contribution in [3.63, 3.8) is 0 Å². The number of fused-ring (bicyclic) bond motifs is 6. The Morgan fingerprint density at radius 2 is 1.23 bits per heavy atom. The van der Waals surface area contributed by atoms with Crippen molar-refractivity contribution in [1.29, 1.82) is 0 Å². The summed E-state index contributed by atoms with van der Waals surface area (Å²) in [6, 6.07) is 19.0. The number of nitrogens with zero attached hydrogens (tertiary/aromatic N) is 3. The minimum absolute atomic E-state index is 0.299. The van der Waals surface area contributed by atoms with Crippen molar-refractivity contribution < 1.29 is 14.5 Å². The monoisotopic (exact) mass is 855 g/mol. The van der Waals surface area contributed by atoms with Gasteiger partial charge in [-0.25, -0.2) is 9.78 Å². The van der Waals surface area contributed by atoms with Crippen LogP contribution in [0.1, 0.15) is 49.3 Å². The van der Waals surface area contributed by atoms with Crippen LogP contribution in [-0.4, -0.2) is 80.2 Å². The first-order valence-electron chi connectivity index (χ1n) is 19.3. The number of hydrogen-bond donors (Lipinski definition) is 0. The lowest BCUT2D eigenvalue weighted by molar-refractivity contribution is -0.325. The van der Waals surface area contributed by atoms with Crippen LogP contribution in [0.2, 0.25) is 13.1 Å². The second-order valence-corrected chi connectivity index (χ2v) is 23.7. The van der Waals surface area contributed by atoms with Crippen LogP contribution in [-0.2, 0) is 14.5 Å². The molecule has 2 aliphatic heterocycles. The Hall–Kier alpha value is -3.05. The number of methoxy groups -OCH3 is 1. The maximum absolute atomic E-state index is 5.63. The van der Waals surface area contributed by atoms with Crippen LogP contribution in [0.25, 0.3) is 51.8 Å². The summed E-state index contributed by atoms with van der Waals surface area (Å²) in [4.78, 5) is 28.0. The molecular formula is C44H53N3O3S4Si2. The fourth-order valence-electron chi connectivity index (χ4n) is 7.49. The summed E-state index contributed by atoms with van der Waals surface area (Å²) < 4.78 is 5.32. The third-order valence-electron chi connectivity index (χ3n) is 11.1. The number of ether oxygens (including phenoxy) is 1. The normalized spacial score (nSPS) is 13.7. The summed E-state index contributed by atoms with van der Waals surface area (Å²) in [5.41, 5.74) is 4.88. The van der Waals surface area contributed by atoms with Gasteiger partial charge in [0, 0.05) is 68.4 Å². The number of hydrogen-bond acceptors (Lipinski definition) is 10. The molecule has 294 valence electrons. The van der Waals surface area contributed by atoms with E-state index in [0.717, 1.165) is 29.2 Å². The lowest BCUT2D eigenvalue weighted by Gasteiger charge is -2.25. The number of thiophene rings is 4. The number of benzene rings is 1. The third kappa shape index (κ3) is 8.14. The molecule has 0 aliphatic carbocycles. The Kier molecular flexibility index (Phi) is 13.1. The van der Waals surface area contributed by atoms with E-state index >= 15 is 0 Å². The highest BCUT2D eigenvalue weighted by molar-refractivity contribution is 7.27. The molecule has 56 heavy (non-hydrogen) atoms. The first kappa shape index (κ1) is 41.1. The molecule has 1 atom stereocenters. The highest BCUT2D eigenvalue weighted by Gasteiger charge is 2.36. The van der Waals surface area contributed by atoms with Gasteiger partial charge in [-0.1, -0.05) is 78.1 Å². The zero-order valence-electron chi connectivity index (χ0n) is 33.8. The fraction of sp³-hybridized carbons (Fsp3) is 0.364. The first-order valence-corrected chi connectivity index (χ1v) is 26.6. The van der Waals surface area contributed by atoms with Gasteiger partial charge in [-0.3, -0.25) is 0 Å². The number of rotatable bonds is 20. The molecule has 12 heteroatoms. The molecule has 0 spiro atoms.